The van der Waals surface area contributed by atoms with Gasteiger partial charge in [-0.15, -0.1) is 0 Å². The normalized spacial score (nSPS) is 24.3. The van der Waals surface area contributed by atoms with Gasteiger partial charge in [0, 0.05) is 11.8 Å². The fourth-order valence-corrected chi connectivity index (χ4v) is 5.77. The number of nitrogens with zero attached hydrogens (tertiary/aromatic N) is 3. The van der Waals surface area contributed by atoms with Crippen molar-refractivity contribution in [3.05, 3.63) is 63.6 Å². The van der Waals surface area contributed by atoms with Crippen LogP contribution in [0.25, 0.3) is 0 Å². The van der Waals surface area contributed by atoms with Crippen molar-refractivity contribution < 1.29 is 28.3 Å². The van der Waals surface area contributed by atoms with Gasteiger partial charge in [0.25, 0.3) is 11.5 Å². The van der Waals surface area contributed by atoms with Gasteiger partial charge >= 0.3 is 12.1 Å². The van der Waals surface area contributed by atoms with Gasteiger partial charge in [0.15, 0.2) is 11.6 Å². The molecular formula is C27H31F2N3O5. The summed E-state index contributed by atoms with van der Waals surface area (Å²) >= 11 is 0. The summed E-state index contributed by atoms with van der Waals surface area (Å²) in [7, 11) is 0. The number of aromatic nitrogens is 1. The van der Waals surface area contributed by atoms with Crippen LogP contribution in [0.15, 0.2) is 35.3 Å². The molecule has 4 amide bonds. The molecule has 0 bridgehead atoms. The molecule has 2 fully saturated rings. The fraction of sp³-hybridized carbons (Fsp3) is 0.481. The van der Waals surface area contributed by atoms with Crippen LogP contribution in [0.3, 0.4) is 0 Å². The molecular weight excluding hydrogens is 484 g/mol. The van der Waals surface area contributed by atoms with Crippen molar-refractivity contribution in [3.8, 4) is 0 Å². The lowest BCUT2D eigenvalue weighted by molar-refractivity contribution is -0.126. The van der Waals surface area contributed by atoms with Crippen LogP contribution in [0.4, 0.5) is 24.1 Å². The maximum atomic E-state index is 15.7. The second-order valence-electron chi connectivity index (χ2n) is 10.5. The molecule has 1 saturated carbocycles. The number of carboxylic acid groups (broad SMARTS) is 1. The molecule has 37 heavy (non-hydrogen) atoms. The number of hydrogen-bond acceptors (Lipinski definition) is 4. The Kier molecular flexibility index (Phi) is 7.21. The standard InChI is InChI=1S/C27H31F2N3O5/c1-14(2)17-8-7-15(3)12-19(17)18-9-10-20(23(29)22(18)28)31-21(25(34)32(26(31)35)27(36)37)13-30-11-5-6-16(4)24(30)33/h5-6,9-11,14-15,17,19,21H,7-8,12-13H2,1-4H3,(H,36,37). The van der Waals surface area contributed by atoms with Crippen LogP contribution in [0, 0.1) is 36.3 Å². The zero-order valence-electron chi connectivity index (χ0n) is 21.3. The van der Waals surface area contributed by atoms with Gasteiger partial charge < -0.3 is 9.67 Å². The number of carbonyl (C=O) groups excluding carboxylic acids is 2. The van der Waals surface area contributed by atoms with E-state index in [4.69, 9.17) is 0 Å². The van der Waals surface area contributed by atoms with Gasteiger partial charge in [0.05, 0.1) is 12.2 Å². The van der Waals surface area contributed by atoms with Crippen LogP contribution < -0.4 is 10.5 Å². The Labute approximate surface area is 213 Å². The minimum absolute atomic E-state index is 0.0334. The first kappa shape index (κ1) is 26.5. The molecule has 1 aliphatic heterocycles. The highest BCUT2D eigenvalue weighted by Crippen LogP contribution is 2.46. The molecule has 2 aromatic rings. The van der Waals surface area contributed by atoms with Gasteiger partial charge in [-0.25, -0.2) is 18.4 Å². The molecule has 4 rings (SSSR count). The monoisotopic (exact) mass is 515 g/mol. The number of rotatable bonds is 5. The molecule has 0 radical (unpaired) electrons. The molecule has 1 saturated heterocycles. The Bertz CT molecular complexity index is 1310. The number of benzene rings is 1. The number of pyridine rings is 1. The highest BCUT2D eigenvalue weighted by atomic mass is 19.2. The quantitative estimate of drug-likeness (QED) is 0.557. The van der Waals surface area contributed by atoms with E-state index in [1.165, 1.54) is 18.3 Å². The molecule has 4 atom stereocenters. The van der Waals surface area contributed by atoms with E-state index in [-0.39, 0.29) is 28.2 Å². The minimum Gasteiger partial charge on any atom is -0.464 e. The van der Waals surface area contributed by atoms with E-state index >= 15 is 8.78 Å². The molecule has 1 aromatic carbocycles. The summed E-state index contributed by atoms with van der Waals surface area (Å²) < 4.78 is 32.4. The molecule has 1 aromatic heterocycles. The molecule has 0 spiro atoms. The maximum absolute atomic E-state index is 15.7. The van der Waals surface area contributed by atoms with E-state index < -0.39 is 53.5 Å². The van der Waals surface area contributed by atoms with Crippen LogP contribution in [-0.4, -0.2) is 38.6 Å². The summed E-state index contributed by atoms with van der Waals surface area (Å²) in [6.45, 7) is 7.34. The average Bonchev–Trinajstić information content (AvgIpc) is 3.07. The predicted molar refractivity (Wildman–Crippen MR) is 132 cm³/mol. The lowest BCUT2D eigenvalue weighted by Crippen LogP contribution is -2.41. The smallest absolute Gasteiger partial charge is 0.422 e. The van der Waals surface area contributed by atoms with E-state index in [0.717, 1.165) is 17.4 Å². The number of anilines is 1. The van der Waals surface area contributed by atoms with Crippen molar-refractivity contribution in [1.29, 1.82) is 0 Å². The minimum atomic E-state index is -1.84. The third kappa shape index (κ3) is 4.65. The fourth-order valence-electron chi connectivity index (χ4n) is 5.77. The number of carbonyl (C=O) groups is 3. The van der Waals surface area contributed by atoms with Crippen molar-refractivity contribution in [2.45, 2.75) is 65.5 Å². The third-order valence-corrected chi connectivity index (χ3v) is 7.76. The lowest BCUT2D eigenvalue weighted by atomic mass is 9.67. The first-order valence-corrected chi connectivity index (χ1v) is 12.5. The summed E-state index contributed by atoms with van der Waals surface area (Å²) in [4.78, 5) is 50.8. The highest BCUT2D eigenvalue weighted by molar-refractivity contribution is 6.21. The Balaban J connectivity index is 1.78. The number of amides is 4. The van der Waals surface area contributed by atoms with E-state index in [0.29, 0.717) is 22.8 Å². The van der Waals surface area contributed by atoms with E-state index in [1.54, 1.807) is 19.1 Å². The Morgan fingerprint density at radius 2 is 1.81 bits per heavy atom. The first-order chi connectivity index (χ1) is 17.4. The van der Waals surface area contributed by atoms with Gasteiger partial charge in [-0.1, -0.05) is 39.3 Å². The largest absolute Gasteiger partial charge is 0.464 e. The van der Waals surface area contributed by atoms with Crippen LogP contribution in [-0.2, 0) is 11.3 Å². The van der Waals surface area contributed by atoms with Gasteiger partial charge in [0.2, 0.25) is 0 Å². The van der Waals surface area contributed by atoms with Crippen molar-refractivity contribution in [1.82, 2.24) is 9.47 Å². The molecule has 2 heterocycles. The van der Waals surface area contributed by atoms with E-state index in [2.05, 4.69) is 20.8 Å². The van der Waals surface area contributed by atoms with Crippen molar-refractivity contribution in [2.24, 2.45) is 17.8 Å². The molecule has 198 valence electrons. The van der Waals surface area contributed by atoms with Crippen LogP contribution in [0.2, 0.25) is 0 Å². The number of aryl methyl sites for hydroxylation is 1. The summed E-state index contributed by atoms with van der Waals surface area (Å²) in [5, 5.41) is 9.47. The average molecular weight is 516 g/mol. The van der Waals surface area contributed by atoms with Crippen LogP contribution >= 0.6 is 0 Å². The van der Waals surface area contributed by atoms with E-state index in [1.807, 2.05) is 0 Å². The van der Waals surface area contributed by atoms with Crippen molar-refractivity contribution in [2.75, 3.05) is 4.90 Å². The molecule has 8 nitrogen and oxygen atoms in total. The number of urea groups is 1. The molecule has 1 N–H and O–H groups in total. The van der Waals surface area contributed by atoms with Gasteiger partial charge in [-0.2, -0.15) is 4.90 Å². The van der Waals surface area contributed by atoms with Crippen molar-refractivity contribution in [3.63, 3.8) is 0 Å². The predicted octanol–water partition coefficient (Wildman–Crippen LogP) is 5.13. The Morgan fingerprint density at radius 1 is 1.11 bits per heavy atom. The SMILES string of the molecule is Cc1cccn(CC2C(=O)N(C(=O)O)C(=O)N2c2ccc(C3CC(C)CCC3C(C)C)c(F)c2F)c1=O. The number of imide groups is 3. The zero-order valence-corrected chi connectivity index (χ0v) is 21.3. The number of hydrogen-bond donors (Lipinski definition) is 1. The van der Waals surface area contributed by atoms with Gasteiger partial charge in [-0.3, -0.25) is 14.5 Å². The zero-order chi connectivity index (χ0) is 27.2. The van der Waals surface area contributed by atoms with Crippen LogP contribution in [0.1, 0.15) is 57.1 Å². The van der Waals surface area contributed by atoms with Crippen molar-refractivity contribution >= 4 is 23.7 Å². The van der Waals surface area contributed by atoms with E-state index in [9.17, 15) is 24.3 Å². The highest BCUT2D eigenvalue weighted by Gasteiger charge is 2.50. The van der Waals surface area contributed by atoms with Crippen LogP contribution in [0.5, 0.6) is 0 Å². The summed E-state index contributed by atoms with van der Waals surface area (Å²) in [5.41, 5.74) is -0.418. The summed E-state index contributed by atoms with van der Waals surface area (Å²) in [5.74, 6) is -3.01. The maximum Gasteiger partial charge on any atom is 0.422 e. The van der Waals surface area contributed by atoms with Gasteiger partial charge in [0.1, 0.15) is 6.04 Å². The van der Waals surface area contributed by atoms with Gasteiger partial charge in [-0.05, 0) is 61.1 Å². The Hall–Kier alpha value is -3.56. The molecule has 1 aliphatic carbocycles. The molecule has 10 heteroatoms. The summed E-state index contributed by atoms with van der Waals surface area (Å²) in [6.07, 6.45) is 2.15. The second-order valence-corrected chi connectivity index (χ2v) is 10.5. The Morgan fingerprint density at radius 3 is 2.46 bits per heavy atom. The number of halogens is 2. The lowest BCUT2D eigenvalue weighted by Gasteiger charge is -2.38. The first-order valence-electron chi connectivity index (χ1n) is 12.5. The molecule has 2 aliphatic rings. The third-order valence-electron chi connectivity index (χ3n) is 7.76. The topological polar surface area (TPSA) is 99.9 Å². The molecule has 4 unspecified atom stereocenters. The summed E-state index contributed by atoms with van der Waals surface area (Å²) in [6, 6.07) is 2.91. The second kappa shape index (κ2) is 10.1.